The molecule has 0 bridgehead atoms. The highest BCUT2D eigenvalue weighted by atomic mass is 16.6. The van der Waals surface area contributed by atoms with Gasteiger partial charge in [-0.1, -0.05) is 109 Å². The van der Waals surface area contributed by atoms with Crippen molar-refractivity contribution in [3.05, 3.63) is 161 Å². The van der Waals surface area contributed by atoms with Crippen LogP contribution in [0.3, 0.4) is 0 Å². The third-order valence-corrected chi connectivity index (χ3v) is 11.8. The lowest BCUT2D eigenvalue weighted by Gasteiger charge is -2.49. The van der Waals surface area contributed by atoms with Gasteiger partial charge in [-0.25, -0.2) is 4.98 Å². The van der Waals surface area contributed by atoms with E-state index in [2.05, 4.69) is 39.5 Å². The molecule has 0 unspecified atom stereocenters. The van der Waals surface area contributed by atoms with E-state index in [4.69, 9.17) is 23.9 Å². The van der Waals surface area contributed by atoms with Crippen LogP contribution in [-0.4, -0.2) is 62.8 Å². The van der Waals surface area contributed by atoms with Crippen molar-refractivity contribution in [1.29, 1.82) is 0 Å². The van der Waals surface area contributed by atoms with Crippen molar-refractivity contribution in [1.82, 2.24) is 19.0 Å². The minimum absolute atomic E-state index is 0.236. The molecular weight excluding hydrogens is 717 g/mol. The van der Waals surface area contributed by atoms with Crippen molar-refractivity contribution in [3.8, 4) is 0 Å². The lowest BCUT2D eigenvalue weighted by atomic mass is 9.92. The molecule has 5 aromatic carbocycles. The highest BCUT2D eigenvalue weighted by molar-refractivity contribution is 6.39. The third kappa shape index (κ3) is 5.22. The second-order valence-corrected chi connectivity index (χ2v) is 15.1. The first-order valence-corrected chi connectivity index (χ1v) is 19.4. The van der Waals surface area contributed by atoms with Gasteiger partial charge in [0.05, 0.1) is 54.1 Å². The highest BCUT2D eigenvalue weighted by Gasteiger charge is 2.54. The van der Waals surface area contributed by atoms with Crippen molar-refractivity contribution < 1.29 is 28.5 Å². The van der Waals surface area contributed by atoms with E-state index in [-0.39, 0.29) is 18.4 Å². The SMILES string of the molecule is CN1C(=O)c2c(c3c4ccccc4n4c3c3c2c2cccnc2n3[C@H]2[C@@H](OCc3ccccc3)[C@H](OCc3ccccc3)[C@@H](COCc3ccccc3)O[C@H]24)C1=O. The number of pyridine rings is 1. The minimum atomic E-state index is -0.633. The molecule has 10 nitrogen and oxygen atoms in total. The molecule has 3 aromatic heterocycles. The predicted octanol–water partition coefficient (Wildman–Crippen LogP) is 8.36. The maximum Gasteiger partial charge on any atom is 0.262 e. The van der Waals surface area contributed by atoms with Gasteiger partial charge in [0.1, 0.15) is 30.0 Å². The van der Waals surface area contributed by atoms with E-state index in [1.165, 1.54) is 4.90 Å². The average molecular weight is 755 g/mol. The predicted molar refractivity (Wildman–Crippen MR) is 216 cm³/mol. The molecule has 0 N–H and O–H groups in total. The number of para-hydroxylation sites is 1. The standard InChI is InChI=1S/C47H38N4O6/c1-49-45(52)37-35-31-20-11-12-22-33(31)50-39(35)40-36(38(37)46(49)53)32-21-13-23-48-44(32)51(40)41-43(56-26-30-18-9-4-10-19-30)42(55-25-29-16-7-3-8-17-29)34(57-47(41)50)27-54-24-28-14-5-2-6-15-28/h2-23,34,41-43,47H,24-27H2,1H3/t34-,41+,42-,43-,47-/m1/s1. The van der Waals surface area contributed by atoms with Crippen LogP contribution in [0, 0.1) is 0 Å². The maximum atomic E-state index is 14.2. The smallest absolute Gasteiger partial charge is 0.262 e. The first-order chi connectivity index (χ1) is 28.1. The summed E-state index contributed by atoms with van der Waals surface area (Å²) in [7, 11) is 1.56. The zero-order valence-corrected chi connectivity index (χ0v) is 31.2. The highest BCUT2D eigenvalue weighted by Crippen LogP contribution is 2.55. The summed E-state index contributed by atoms with van der Waals surface area (Å²) >= 11 is 0. The van der Waals surface area contributed by atoms with Gasteiger partial charge < -0.3 is 28.1 Å². The molecular formula is C47H38N4O6. The van der Waals surface area contributed by atoms with E-state index in [0.29, 0.717) is 42.0 Å². The summed E-state index contributed by atoms with van der Waals surface area (Å²) in [5, 5.41) is 3.11. The molecule has 57 heavy (non-hydrogen) atoms. The fourth-order valence-corrected chi connectivity index (χ4v) is 9.36. The van der Waals surface area contributed by atoms with Gasteiger partial charge in [0, 0.05) is 34.8 Å². The lowest BCUT2D eigenvalue weighted by molar-refractivity contribution is -0.256. The summed E-state index contributed by atoms with van der Waals surface area (Å²) < 4.78 is 32.5. The van der Waals surface area contributed by atoms with Crippen molar-refractivity contribution in [2.24, 2.45) is 0 Å². The number of hydrogen-bond acceptors (Lipinski definition) is 7. The number of benzene rings is 5. The van der Waals surface area contributed by atoms with Gasteiger partial charge in [-0.3, -0.25) is 14.5 Å². The van der Waals surface area contributed by atoms with Gasteiger partial charge >= 0.3 is 0 Å². The second kappa shape index (κ2) is 13.5. The molecule has 0 saturated carbocycles. The van der Waals surface area contributed by atoms with E-state index in [9.17, 15) is 9.59 Å². The quantitative estimate of drug-likeness (QED) is 0.130. The molecule has 0 aliphatic carbocycles. The van der Waals surface area contributed by atoms with Crippen molar-refractivity contribution in [2.45, 2.75) is 50.4 Å². The molecule has 8 aromatic rings. The number of hydrogen-bond donors (Lipinski definition) is 0. The van der Waals surface area contributed by atoms with Gasteiger partial charge in [0.2, 0.25) is 0 Å². The molecule has 6 heterocycles. The monoisotopic (exact) mass is 754 g/mol. The van der Waals surface area contributed by atoms with Crippen molar-refractivity contribution in [2.75, 3.05) is 13.7 Å². The molecule has 10 heteroatoms. The molecule has 5 atom stereocenters. The van der Waals surface area contributed by atoms with Gasteiger partial charge in [-0.15, -0.1) is 0 Å². The Morgan fingerprint density at radius 1 is 0.614 bits per heavy atom. The van der Waals surface area contributed by atoms with Crippen LogP contribution in [0.4, 0.5) is 0 Å². The Labute approximate surface area is 327 Å². The normalized spacial score (nSPS) is 21.4. The Morgan fingerprint density at radius 3 is 1.82 bits per heavy atom. The van der Waals surface area contributed by atoms with Gasteiger partial charge in [0.15, 0.2) is 6.23 Å². The maximum absolute atomic E-state index is 14.2. The first kappa shape index (κ1) is 34.1. The summed E-state index contributed by atoms with van der Waals surface area (Å²) in [5.74, 6) is -0.642. The largest absolute Gasteiger partial charge is 0.374 e. The summed E-state index contributed by atoms with van der Waals surface area (Å²) in [6, 6.07) is 41.8. The Kier molecular flexibility index (Phi) is 8.08. The molecule has 1 fully saturated rings. The Hall–Kier alpha value is -6.17. The van der Waals surface area contributed by atoms with E-state index in [1.807, 2.05) is 97.1 Å². The zero-order valence-electron chi connectivity index (χ0n) is 31.2. The number of rotatable bonds is 10. The number of carbonyl (C=O) groups excluding carboxylic acids is 2. The molecule has 0 spiro atoms. The number of amides is 2. The van der Waals surface area contributed by atoms with Crippen LogP contribution in [0.15, 0.2) is 134 Å². The number of ether oxygens (including phenoxy) is 4. The van der Waals surface area contributed by atoms with E-state index >= 15 is 0 Å². The van der Waals surface area contributed by atoms with E-state index < -0.39 is 30.6 Å². The number of nitrogens with zero attached hydrogens (tertiary/aromatic N) is 4. The van der Waals surface area contributed by atoms with Crippen LogP contribution in [0.1, 0.15) is 49.7 Å². The molecule has 3 aliphatic heterocycles. The molecule has 0 radical (unpaired) electrons. The van der Waals surface area contributed by atoms with Crippen molar-refractivity contribution >= 4 is 55.6 Å². The number of fused-ring (bicyclic) bond motifs is 12. The lowest BCUT2D eigenvalue weighted by Crippen LogP contribution is -2.57. The van der Waals surface area contributed by atoms with Crippen LogP contribution >= 0.6 is 0 Å². The molecule has 11 rings (SSSR count). The topological polar surface area (TPSA) is 97.1 Å². The molecule has 1 saturated heterocycles. The summed E-state index contributed by atoms with van der Waals surface area (Å²) in [4.78, 5) is 34.6. The van der Waals surface area contributed by atoms with Crippen LogP contribution in [0.5, 0.6) is 0 Å². The second-order valence-electron chi connectivity index (χ2n) is 15.1. The summed E-state index contributed by atoms with van der Waals surface area (Å²) in [5.41, 5.74) is 7.16. The first-order valence-electron chi connectivity index (χ1n) is 19.4. The Morgan fingerprint density at radius 2 is 1.16 bits per heavy atom. The third-order valence-electron chi connectivity index (χ3n) is 11.8. The Balaban J connectivity index is 1.16. The summed E-state index contributed by atoms with van der Waals surface area (Å²) in [6.45, 7) is 1.29. The number of imide groups is 1. The van der Waals surface area contributed by atoms with Crippen LogP contribution < -0.4 is 0 Å². The minimum Gasteiger partial charge on any atom is -0.374 e. The van der Waals surface area contributed by atoms with Crippen molar-refractivity contribution in [3.63, 3.8) is 0 Å². The van der Waals surface area contributed by atoms with Gasteiger partial charge in [0.25, 0.3) is 11.8 Å². The molecule has 282 valence electrons. The van der Waals surface area contributed by atoms with Gasteiger partial charge in [-0.05, 0) is 34.9 Å². The van der Waals surface area contributed by atoms with Gasteiger partial charge in [-0.2, -0.15) is 0 Å². The molecule has 3 aliphatic rings. The molecule has 2 amide bonds. The summed E-state index contributed by atoms with van der Waals surface area (Å²) in [6.07, 6.45) is -0.605. The van der Waals surface area contributed by atoms with Crippen LogP contribution in [0.2, 0.25) is 0 Å². The number of carbonyl (C=O) groups is 2. The van der Waals surface area contributed by atoms with Crippen LogP contribution in [-0.2, 0) is 38.8 Å². The fourth-order valence-electron chi connectivity index (χ4n) is 9.36. The van der Waals surface area contributed by atoms with E-state index in [1.54, 1.807) is 13.2 Å². The van der Waals surface area contributed by atoms with Crippen LogP contribution in [0.25, 0.3) is 43.7 Å². The Bertz CT molecular complexity index is 2850. The average Bonchev–Trinajstić information content (AvgIpc) is 3.86. The number of aromatic nitrogens is 3. The fraction of sp³-hybridized carbons (Fsp3) is 0.213. The zero-order chi connectivity index (χ0) is 38.2. The van der Waals surface area contributed by atoms with E-state index in [0.717, 1.165) is 49.4 Å².